The maximum Gasteiger partial charge on any atom is 0.344 e. The number of aromatic nitrogens is 3. The van der Waals surface area contributed by atoms with E-state index in [1.165, 1.54) is 0 Å². The highest BCUT2D eigenvalue weighted by Crippen LogP contribution is 2.42. The summed E-state index contributed by atoms with van der Waals surface area (Å²) in [4.78, 5) is 26.8. The van der Waals surface area contributed by atoms with Crippen LogP contribution in [-0.2, 0) is 13.2 Å². The molecule has 10 nitrogen and oxygen atoms in total. The van der Waals surface area contributed by atoms with Crippen LogP contribution in [0.2, 0.25) is 5.02 Å². The topological polar surface area (TPSA) is 141 Å². The Hall–Kier alpha value is -5.87. The summed E-state index contributed by atoms with van der Waals surface area (Å²) in [5.74, 6) is -1.53. The summed E-state index contributed by atoms with van der Waals surface area (Å²) in [6.07, 6.45) is 1.76. The fourth-order valence-corrected chi connectivity index (χ4v) is 5.67. The molecule has 0 bridgehead atoms. The van der Waals surface area contributed by atoms with E-state index in [-0.39, 0.29) is 51.2 Å². The molecule has 2 N–H and O–H groups in total. The van der Waals surface area contributed by atoms with Gasteiger partial charge in [0.15, 0.2) is 0 Å². The molecule has 0 saturated carbocycles. The maximum atomic E-state index is 13.4. The molecular weight excluding hydrogens is 610 g/mol. The Labute approximate surface area is 265 Å². The highest BCUT2D eigenvalue weighted by molar-refractivity contribution is 6.31. The lowest BCUT2D eigenvalue weighted by Crippen LogP contribution is -2.21. The van der Waals surface area contributed by atoms with Crippen molar-refractivity contribution >= 4 is 33.5 Å². The van der Waals surface area contributed by atoms with E-state index in [9.17, 15) is 19.8 Å². The minimum atomic E-state index is -1.25. The summed E-state index contributed by atoms with van der Waals surface area (Å²) in [7, 11) is 0. The molecule has 228 valence electrons. The molecule has 3 heterocycles. The van der Waals surface area contributed by atoms with Crippen LogP contribution in [0.15, 0.2) is 122 Å². The molecule has 0 aliphatic carbocycles. The molecule has 11 heteroatoms. The van der Waals surface area contributed by atoms with Crippen LogP contribution in [0.25, 0.3) is 21.9 Å². The molecule has 0 amide bonds. The number of nitrogens with zero attached hydrogens (tertiary/aromatic N) is 3. The summed E-state index contributed by atoms with van der Waals surface area (Å²) >= 11 is 6.26. The van der Waals surface area contributed by atoms with Crippen molar-refractivity contribution in [3.63, 3.8) is 0 Å². The minimum absolute atomic E-state index is 0.120. The molecule has 0 atom stereocenters. The Bertz CT molecular complexity index is 2250. The molecule has 46 heavy (non-hydrogen) atoms. The van der Waals surface area contributed by atoms with Gasteiger partial charge in [-0.3, -0.25) is 0 Å². The minimum Gasteiger partial charge on any atom is -0.507 e. The van der Waals surface area contributed by atoms with Gasteiger partial charge in [-0.2, -0.15) is 0 Å². The second-order valence-corrected chi connectivity index (χ2v) is 11.0. The Balaban J connectivity index is 1.24. The van der Waals surface area contributed by atoms with Gasteiger partial charge in [0.1, 0.15) is 40.7 Å². The van der Waals surface area contributed by atoms with Crippen molar-refractivity contribution in [1.29, 1.82) is 0 Å². The normalized spacial score (nSPS) is 11.4. The van der Waals surface area contributed by atoms with Crippen LogP contribution in [0.5, 0.6) is 17.2 Å². The van der Waals surface area contributed by atoms with Crippen LogP contribution in [-0.4, -0.2) is 25.2 Å². The van der Waals surface area contributed by atoms with E-state index in [2.05, 4.69) is 10.3 Å². The molecule has 0 aliphatic heterocycles. The Morgan fingerprint density at radius 1 is 0.761 bits per heavy atom. The average Bonchev–Trinajstić information content (AvgIpc) is 3.51. The van der Waals surface area contributed by atoms with Crippen LogP contribution in [0.1, 0.15) is 33.9 Å². The molecule has 3 aromatic heterocycles. The molecule has 7 rings (SSSR count). The zero-order valence-corrected chi connectivity index (χ0v) is 24.7. The van der Waals surface area contributed by atoms with Crippen molar-refractivity contribution < 1.29 is 23.8 Å². The van der Waals surface area contributed by atoms with Crippen molar-refractivity contribution in [2.75, 3.05) is 0 Å². The van der Waals surface area contributed by atoms with Gasteiger partial charge in [-0.05, 0) is 53.6 Å². The van der Waals surface area contributed by atoms with Gasteiger partial charge in [-0.1, -0.05) is 71.4 Å². The summed E-state index contributed by atoms with van der Waals surface area (Å²) in [5, 5.41) is 32.2. The van der Waals surface area contributed by atoms with Crippen LogP contribution >= 0.6 is 11.6 Å². The van der Waals surface area contributed by atoms with E-state index in [1.54, 1.807) is 83.7 Å². The third-order valence-electron chi connectivity index (χ3n) is 7.69. The van der Waals surface area contributed by atoms with E-state index in [0.717, 1.165) is 5.56 Å². The second-order valence-electron chi connectivity index (χ2n) is 10.6. The maximum absolute atomic E-state index is 13.4. The third kappa shape index (κ3) is 5.35. The van der Waals surface area contributed by atoms with Gasteiger partial charge in [0.25, 0.3) is 0 Å². The Kier molecular flexibility index (Phi) is 7.47. The summed E-state index contributed by atoms with van der Waals surface area (Å²) in [6, 6.07) is 27.1. The average molecular weight is 634 g/mol. The van der Waals surface area contributed by atoms with Crippen molar-refractivity contribution in [2.24, 2.45) is 0 Å². The predicted octanol–water partition coefficient (Wildman–Crippen LogP) is 6.36. The van der Waals surface area contributed by atoms with Gasteiger partial charge in [0.2, 0.25) is 0 Å². The van der Waals surface area contributed by atoms with Crippen LogP contribution < -0.4 is 16.0 Å². The lowest BCUT2D eigenvalue weighted by molar-refractivity contribution is 0.301. The quantitative estimate of drug-likeness (QED) is 0.183. The number of rotatable bonds is 8. The highest BCUT2D eigenvalue weighted by Gasteiger charge is 2.32. The largest absolute Gasteiger partial charge is 0.507 e. The number of halogens is 1. The van der Waals surface area contributed by atoms with E-state index in [1.807, 2.05) is 24.3 Å². The van der Waals surface area contributed by atoms with Crippen molar-refractivity contribution in [3.8, 4) is 17.2 Å². The van der Waals surface area contributed by atoms with Crippen molar-refractivity contribution in [1.82, 2.24) is 15.0 Å². The fourth-order valence-electron chi connectivity index (χ4n) is 5.48. The number of benzene rings is 4. The number of hydrogen-bond donors (Lipinski definition) is 2. The molecule has 0 spiro atoms. The first-order valence-corrected chi connectivity index (χ1v) is 14.6. The van der Waals surface area contributed by atoms with E-state index in [4.69, 9.17) is 25.2 Å². The van der Waals surface area contributed by atoms with Crippen LogP contribution in [0.3, 0.4) is 0 Å². The molecule has 0 aliphatic rings. The molecule has 0 radical (unpaired) electrons. The second kappa shape index (κ2) is 11.9. The van der Waals surface area contributed by atoms with Crippen LogP contribution in [0, 0.1) is 0 Å². The molecule has 0 unspecified atom stereocenters. The Morgan fingerprint density at radius 3 is 1.93 bits per heavy atom. The summed E-state index contributed by atoms with van der Waals surface area (Å²) < 4.78 is 18.7. The number of aromatic hydroxyl groups is 2. The molecule has 0 fully saturated rings. The van der Waals surface area contributed by atoms with Gasteiger partial charge >= 0.3 is 11.3 Å². The lowest BCUT2D eigenvalue weighted by Gasteiger charge is -2.20. The third-order valence-corrected chi connectivity index (χ3v) is 8.06. The molecule has 0 saturated heterocycles. The smallest absolute Gasteiger partial charge is 0.344 e. The lowest BCUT2D eigenvalue weighted by atomic mass is 9.84. The highest BCUT2D eigenvalue weighted by atomic mass is 35.5. The van der Waals surface area contributed by atoms with E-state index in [0.29, 0.717) is 28.6 Å². The summed E-state index contributed by atoms with van der Waals surface area (Å²) in [5.41, 5.74) is 0.0666. The first-order chi connectivity index (χ1) is 22.4. The van der Waals surface area contributed by atoms with Gasteiger partial charge < -0.3 is 23.8 Å². The first kappa shape index (κ1) is 28.9. The van der Waals surface area contributed by atoms with Gasteiger partial charge in [-0.15, -0.1) is 5.10 Å². The van der Waals surface area contributed by atoms with E-state index < -0.39 is 17.2 Å². The monoisotopic (exact) mass is 633 g/mol. The van der Waals surface area contributed by atoms with Gasteiger partial charge in [0.05, 0.1) is 40.6 Å². The first-order valence-electron chi connectivity index (χ1n) is 14.2. The molecule has 7 aromatic rings. The van der Waals surface area contributed by atoms with Crippen molar-refractivity contribution in [2.45, 2.75) is 19.1 Å². The van der Waals surface area contributed by atoms with Gasteiger partial charge in [0, 0.05) is 5.02 Å². The SMILES string of the molecule is O=c1oc2ccccc2c(O)c1C(c1ccc(OCc2cn(Cc3ccccc3Cl)nn2)cc1)c1c(O)c2ccccc2oc1=O. The number of fused-ring (bicyclic) bond motifs is 2. The van der Waals surface area contributed by atoms with E-state index >= 15 is 0 Å². The number of para-hydroxylation sites is 2. The number of hydrogen-bond acceptors (Lipinski definition) is 9. The standard InChI is InChI=1S/C35H24ClN3O7/c36-26-10-4-1-7-21(26)17-39-18-22(37-38-39)19-44-23-15-13-20(14-16-23)29(30-32(40)24-8-2-5-11-27(24)45-34(30)42)31-33(41)25-9-3-6-12-28(25)46-35(31)43/h1-16,18,29,40-41H,17,19H2. The molecule has 4 aromatic carbocycles. The predicted molar refractivity (Wildman–Crippen MR) is 171 cm³/mol. The van der Waals surface area contributed by atoms with Crippen LogP contribution in [0.4, 0.5) is 0 Å². The van der Waals surface area contributed by atoms with Crippen molar-refractivity contribution in [3.05, 3.63) is 157 Å². The Morgan fingerprint density at radius 2 is 1.33 bits per heavy atom. The molecular formula is C35H24ClN3O7. The summed E-state index contributed by atoms with van der Waals surface area (Å²) in [6.45, 7) is 0.573. The van der Waals surface area contributed by atoms with Gasteiger partial charge in [-0.25, -0.2) is 14.3 Å². The zero-order valence-electron chi connectivity index (χ0n) is 24.0. The zero-order chi connectivity index (χ0) is 31.8. The fraction of sp³-hybridized carbons (Fsp3) is 0.0857. The number of ether oxygens (including phenoxy) is 1.